The van der Waals surface area contributed by atoms with Crippen LogP contribution in [0.15, 0.2) is 30.3 Å². The fraction of sp³-hybridized carbons (Fsp3) is 0.488. The summed E-state index contributed by atoms with van der Waals surface area (Å²) in [6.45, 7) is 8.04. The van der Waals surface area contributed by atoms with Gasteiger partial charge in [0.1, 0.15) is 5.75 Å². The number of hydrogen-bond acceptors (Lipinski definition) is 13. The van der Waals surface area contributed by atoms with E-state index in [9.17, 15) is 15.0 Å². The van der Waals surface area contributed by atoms with E-state index in [4.69, 9.17) is 23.7 Å². The number of thioether (sulfide) groups is 1. The van der Waals surface area contributed by atoms with Crippen LogP contribution in [0, 0.1) is 13.8 Å². The summed E-state index contributed by atoms with van der Waals surface area (Å²) < 4.78 is 31.8. The van der Waals surface area contributed by atoms with Crippen molar-refractivity contribution in [2.75, 3.05) is 39.9 Å². The molecule has 0 radical (unpaired) electrons. The molecule has 7 aliphatic heterocycles. The number of ether oxygens (including phenoxy) is 5. The summed E-state index contributed by atoms with van der Waals surface area (Å²) in [7, 11) is 3.70. The molecule has 57 heavy (non-hydrogen) atoms. The number of aryl methyl sites for hydroxylation is 1. The highest BCUT2D eigenvalue weighted by Crippen LogP contribution is 2.71. The van der Waals surface area contributed by atoms with E-state index in [1.165, 1.54) is 6.92 Å². The number of carbonyl (C=O) groups is 2. The standard InChI is InChI=1S/C43H46N4O9S/c1-19-11-22-13-41(4)16-46(5)31(28(22)33(50)34(19)52-6)32-39-43(14-27(47(32)41)29-30(43)35(55-21(3)49)20(2)36-37(29)54-18-53-36)56-40(51)42(17-57-39)38-25(12-23(15-48)45-42)24-9-7-8-10-26(24)44-38/h7-11,23,27,31-32,39,44-45,48,50H,12-18H2,1-6H3/t23-,27-,31?,32+,39-,41?,42+,43?/m0/s1. The highest BCUT2D eigenvalue weighted by atomic mass is 32.2. The van der Waals surface area contributed by atoms with Crippen LogP contribution in [0.5, 0.6) is 28.7 Å². The molecule has 1 aliphatic carbocycles. The van der Waals surface area contributed by atoms with Crippen LogP contribution in [-0.4, -0.2) is 99.7 Å². The van der Waals surface area contributed by atoms with Crippen LogP contribution < -0.4 is 24.3 Å². The summed E-state index contributed by atoms with van der Waals surface area (Å²) in [5.74, 6) is 1.34. The quantitative estimate of drug-likeness (QED) is 0.170. The van der Waals surface area contributed by atoms with Crippen molar-refractivity contribution in [2.24, 2.45) is 0 Å². The third kappa shape index (κ3) is 4.40. The molecule has 4 N–H and O–H groups in total. The Morgan fingerprint density at radius 1 is 1.14 bits per heavy atom. The number of phenols is 1. The Kier molecular flexibility index (Phi) is 7.39. The molecule has 4 bridgehead atoms. The number of aromatic amines is 1. The molecule has 2 fully saturated rings. The van der Waals surface area contributed by atoms with Crippen LogP contribution >= 0.6 is 11.8 Å². The second-order valence-corrected chi connectivity index (χ2v) is 18.5. The van der Waals surface area contributed by atoms with Crippen LogP contribution in [0.25, 0.3) is 10.9 Å². The van der Waals surface area contributed by atoms with Crippen molar-refractivity contribution in [1.82, 2.24) is 20.1 Å². The summed E-state index contributed by atoms with van der Waals surface area (Å²) in [4.78, 5) is 37.3. The Hall–Kier alpha value is -4.47. The first-order chi connectivity index (χ1) is 27.4. The SMILES string of the molecule is COc1c(C)cc2c(c1O)C1[C@@H]3[C@@H]4SC[C@]5(N[C@H](CO)Cc6c5[nH]c5ccccc65)C(=O)OC45C[C@@H](c4c6c(c(C)c(OC(C)=O)c45)OCO6)N3C(C)(C2)CN1C. The van der Waals surface area contributed by atoms with Gasteiger partial charge in [-0.3, -0.25) is 19.9 Å². The number of methoxy groups -OCH3 is 1. The monoisotopic (exact) mass is 794 g/mol. The molecule has 2 saturated heterocycles. The number of piperidine rings is 1. The van der Waals surface area contributed by atoms with Crippen molar-refractivity contribution in [1.29, 1.82) is 0 Å². The van der Waals surface area contributed by atoms with Gasteiger partial charge in [0.25, 0.3) is 0 Å². The molecular weight excluding hydrogens is 749 g/mol. The fourth-order valence-electron chi connectivity index (χ4n) is 12.3. The van der Waals surface area contributed by atoms with Crippen molar-refractivity contribution in [3.63, 3.8) is 0 Å². The van der Waals surface area contributed by atoms with E-state index in [0.29, 0.717) is 59.9 Å². The summed E-state index contributed by atoms with van der Waals surface area (Å²) in [6, 6.07) is 8.77. The molecule has 8 heterocycles. The van der Waals surface area contributed by atoms with Gasteiger partial charge >= 0.3 is 11.9 Å². The number of carbonyl (C=O) groups excluding carboxylic acids is 2. The highest BCUT2D eigenvalue weighted by molar-refractivity contribution is 8.00. The molecule has 4 aromatic rings. The lowest BCUT2D eigenvalue weighted by molar-refractivity contribution is -0.188. The number of piperazine rings is 1. The molecule has 8 atom stereocenters. The maximum absolute atomic E-state index is 15.6. The van der Waals surface area contributed by atoms with Crippen LogP contribution in [0.4, 0.5) is 0 Å². The minimum atomic E-state index is -1.35. The lowest BCUT2D eigenvalue weighted by Crippen LogP contribution is -2.71. The number of fused-ring (bicyclic) bond motifs is 6. The molecule has 0 saturated carbocycles. The first-order valence-corrected chi connectivity index (χ1v) is 20.8. The second kappa shape index (κ2) is 11.8. The zero-order valence-corrected chi connectivity index (χ0v) is 33.6. The molecule has 3 aromatic carbocycles. The fourth-order valence-corrected chi connectivity index (χ4v) is 14.1. The van der Waals surface area contributed by atoms with E-state index >= 15 is 4.79 Å². The van der Waals surface area contributed by atoms with Crippen LogP contribution in [-0.2, 0) is 38.3 Å². The topological polar surface area (TPSA) is 155 Å². The zero-order valence-electron chi connectivity index (χ0n) is 32.8. The molecule has 14 heteroatoms. The van der Waals surface area contributed by atoms with Gasteiger partial charge in [0, 0.05) is 82.5 Å². The largest absolute Gasteiger partial charge is 0.504 e. The average Bonchev–Trinajstić information content (AvgIpc) is 3.81. The number of likely N-dealkylation sites (N-methyl/N-ethyl adjacent to an activating group) is 1. The summed E-state index contributed by atoms with van der Waals surface area (Å²) in [6.07, 6.45) is 1.58. The van der Waals surface area contributed by atoms with E-state index in [0.717, 1.165) is 44.4 Å². The first kappa shape index (κ1) is 35.7. The number of rotatable bonds is 3. The van der Waals surface area contributed by atoms with Crippen LogP contribution in [0.2, 0.25) is 0 Å². The zero-order chi connectivity index (χ0) is 39.5. The van der Waals surface area contributed by atoms with Gasteiger partial charge in [-0.25, -0.2) is 4.79 Å². The molecule has 13 nitrogen and oxygen atoms in total. The predicted molar refractivity (Wildman–Crippen MR) is 210 cm³/mol. The molecule has 3 unspecified atom stereocenters. The van der Waals surface area contributed by atoms with Crippen LogP contribution in [0.3, 0.4) is 0 Å². The van der Waals surface area contributed by atoms with Gasteiger partial charge in [-0.2, -0.15) is 0 Å². The Morgan fingerprint density at radius 2 is 1.93 bits per heavy atom. The van der Waals surface area contributed by atoms with Gasteiger partial charge in [-0.15, -0.1) is 11.8 Å². The number of nitrogens with one attached hydrogen (secondary N) is 2. The van der Waals surface area contributed by atoms with Gasteiger partial charge in [-0.05, 0) is 63.4 Å². The minimum absolute atomic E-state index is 0.00695. The number of aliphatic hydroxyl groups is 1. The number of aliphatic hydroxyl groups excluding tert-OH is 1. The van der Waals surface area contributed by atoms with Gasteiger partial charge in [0.2, 0.25) is 6.79 Å². The number of benzene rings is 3. The third-order valence-corrected chi connectivity index (χ3v) is 15.7. The Labute approximate surface area is 333 Å². The number of phenolic OH excluding ortho intramolecular Hbond substituents is 1. The van der Waals surface area contributed by atoms with Gasteiger partial charge < -0.3 is 38.9 Å². The number of para-hydroxylation sites is 1. The van der Waals surface area contributed by atoms with E-state index in [-0.39, 0.29) is 43.0 Å². The van der Waals surface area contributed by atoms with E-state index in [1.807, 2.05) is 32.0 Å². The number of esters is 2. The maximum atomic E-state index is 15.6. The lowest BCUT2D eigenvalue weighted by atomic mass is 9.75. The molecule has 0 amide bonds. The van der Waals surface area contributed by atoms with Crippen LogP contribution in [0.1, 0.15) is 77.0 Å². The van der Waals surface area contributed by atoms with E-state index in [2.05, 4.69) is 46.2 Å². The minimum Gasteiger partial charge on any atom is -0.504 e. The van der Waals surface area contributed by atoms with Crippen molar-refractivity contribution in [3.05, 3.63) is 75.0 Å². The molecule has 298 valence electrons. The number of aromatic hydroxyl groups is 1. The normalized spacial score (nSPS) is 33.2. The van der Waals surface area contributed by atoms with Crippen molar-refractivity contribution in [3.8, 4) is 28.7 Å². The summed E-state index contributed by atoms with van der Waals surface area (Å²) in [5.41, 5.74) is 4.31. The Bertz CT molecular complexity index is 2470. The second-order valence-electron chi connectivity index (χ2n) is 17.4. The number of hydrogen-bond donors (Lipinski definition) is 4. The van der Waals surface area contributed by atoms with Crippen molar-refractivity contribution >= 4 is 34.6 Å². The van der Waals surface area contributed by atoms with Gasteiger partial charge in [-0.1, -0.05) is 24.3 Å². The molecule has 2 spiro atoms. The third-order valence-electron chi connectivity index (χ3n) is 14.1. The number of aromatic nitrogens is 1. The summed E-state index contributed by atoms with van der Waals surface area (Å²) >= 11 is 1.67. The van der Waals surface area contributed by atoms with Crippen molar-refractivity contribution in [2.45, 2.75) is 93.1 Å². The van der Waals surface area contributed by atoms with E-state index in [1.54, 1.807) is 18.9 Å². The van der Waals surface area contributed by atoms with E-state index < -0.39 is 39.9 Å². The number of nitrogens with zero attached hydrogens (tertiary/aromatic N) is 2. The van der Waals surface area contributed by atoms with Gasteiger partial charge in [0.15, 0.2) is 34.1 Å². The predicted octanol–water partition coefficient (Wildman–Crippen LogP) is 4.54. The summed E-state index contributed by atoms with van der Waals surface area (Å²) in [5, 5.41) is 27.1. The average molecular weight is 795 g/mol. The maximum Gasteiger partial charge on any atom is 0.334 e. The molecule has 8 aliphatic rings. The Morgan fingerprint density at radius 3 is 2.70 bits per heavy atom. The number of H-pyrrole nitrogens is 1. The lowest BCUT2D eigenvalue weighted by Gasteiger charge is -2.62. The van der Waals surface area contributed by atoms with Crippen molar-refractivity contribution < 1.29 is 43.5 Å². The molecule has 1 aromatic heterocycles. The smallest absolute Gasteiger partial charge is 0.334 e. The van der Waals surface area contributed by atoms with Gasteiger partial charge in [0.05, 0.1) is 30.7 Å². The molecule has 12 rings (SSSR count). The first-order valence-electron chi connectivity index (χ1n) is 19.7. The molecular formula is C43H46N4O9S. The highest BCUT2D eigenvalue weighted by Gasteiger charge is 2.73. The Balaban J connectivity index is 1.20.